The van der Waals surface area contributed by atoms with Crippen LogP contribution in [0.25, 0.3) is 54.2 Å². The molecule has 0 aromatic heterocycles. The highest BCUT2D eigenvalue weighted by Gasteiger charge is 2.34. The Morgan fingerprint density at radius 1 is 0.484 bits per heavy atom. The Bertz CT molecular complexity index is 1700. The van der Waals surface area contributed by atoms with Gasteiger partial charge in [-0.15, -0.1) is 0 Å². The van der Waals surface area contributed by atoms with Gasteiger partial charge in [0.05, 0.1) is 0 Å². The van der Waals surface area contributed by atoms with E-state index in [1.165, 1.54) is 65.3 Å². The molecule has 0 atom stereocenters. The van der Waals surface area contributed by atoms with Crippen LogP contribution in [0.5, 0.6) is 0 Å². The third kappa shape index (κ3) is 2.20. The highest BCUT2D eigenvalue weighted by molar-refractivity contribution is 6.17. The number of hydrogen-bond donors (Lipinski definition) is 0. The second kappa shape index (κ2) is 5.74. The first-order valence-corrected chi connectivity index (χ1v) is 11.0. The third-order valence-electron chi connectivity index (χ3n) is 7.35. The minimum absolute atomic E-state index is 0.0515. The molecule has 0 radical (unpaired) electrons. The van der Waals surface area contributed by atoms with Crippen molar-refractivity contribution in [1.29, 1.82) is 0 Å². The summed E-state index contributed by atoms with van der Waals surface area (Å²) in [6, 6.07) is 36.3. The van der Waals surface area contributed by atoms with Crippen molar-refractivity contribution in [2.24, 2.45) is 0 Å². The maximum atomic E-state index is 2.45. The molecule has 0 saturated carbocycles. The van der Waals surface area contributed by atoms with Crippen LogP contribution < -0.4 is 0 Å². The zero-order valence-electron chi connectivity index (χ0n) is 17.7. The Morgan fingerprint density at radius 3 is 1.87 bits per heavy atom. The Balaban J connectivity index is 1.72. The van der Waals surface area contributed by atoms with E-state index in [1.807, 2.05) is 0 Å². The summed E-state index contributed by atoms with van der Waals surface area (Å²) in [6.07, 6.45) is 0. The van der Waals surface area contributed by atoms with Gasteiger partial charge in [-0.2, -0.15) is 0 Å². The van der Waals surface area contributed by atoms with Crippen molar-refractivity contribution >= 4 is 43.1 Å². The highest BCUT2D eigenvalue weighted by atomic mass is 14.4. The first-order valence-electron chi connectivity index (χ1n) is 11.0. The van der Waals surface area contributed by atoms with E-state index in [2.05, 4.69) is 111 Å². The molecule has 0 heteroatoms. The van der Waals surface area contributed by atoms with Crippen molar-refractivity contribution in [1.82, 2.24) is 0 Å². The summed E-state index contributed by atoms with van der Waals surface area (Å²) in [4.78, 5) is 0. The molecule has 0 bridgehead atoms. The average Bonchev–Trinajstić information content (AvgIpc) is 2.79. The van der Waals surface area contributed by atoms with Crippen LogP contribution in [0.3, 0.4) is 0 Å². The van der Waals surface area contributed by atoms with E-state index >= 15 is 0 Å². The minimum atomic E-state index is -0.0515. The number of hydrogen-bond acceptors (Lipinski definition) is 0. The van der Waals surface area contributed by atoms with Crippen LogP contribution in [0.2, 0.25) is 0 Å². The topological polar surface area (TPSA) is 0 Å². The average molecular weight is 395 g/mol. The smallest absolute Gasteiger partial charge is 0.0159 e. The van der Waals surface area contributed by atoms with Crippen LogP contribution in [0, 0.1) is 0 Å². The lowest BCUT2D eigenvalue weighted by atomic mass is 9.67. The molecule has 146 valence electrons. The van der Waals surface area contributed by atoms with E-state index < -0.39 is 0 Å². The quantitative estimate of drug-likeness (QED) is 0.226. The lowest BCUT2D eigenvalue weighted by molar-refractivity contribution is 0.646. The molecule has 0 aliphatic heterocycles. The Morgan fingerprint density at radius 2 is 1.10 bits per heavy atom. The summed E-state index contributed by atoms with van der Waals surface area (Å²) in [7, 11) is 0. The third-order valence-corrected chi connectivity index (χ3v) is 7.35. The van der Waals surface area contributed by atoms with Gasteiger partial charge in [0.2, 0.25) is 0 Å². The van der Waals surface area contributed by atoms with E-state index in [-0.39, 0.29) is 5.41 Å². The van der Waals surface area contributed by atoms with Gasteiger partial charge >= 0.3 is 0 Å². The lowest BCUT2D eigenvalue weighted by Crippen LogP contribution is -2.23. The molecule has 0 fully saturated rings. The van der Waals surface area contributed by atoms with Crippen molar-refractivity contribution in [3.05, 3.63) is 108 Å². The first kappa shape index (κ1) is 17.1. The largest absolute Gasteiger partial charge is 0.0616 e. The van der Waals surface area contributed by atoms with Crippen molar-refractivity contribution in [3.63, 3.8) is 0 Å². The maximum Gasteiger partial charge on any atom is 0.0159 e. The van der Waals surface area contributed by atoms with Crippen LogP contribution in [0.1, 0.15) is 25.0 Å². The normalized spacial score (nSPS) is 14.4. The molecular weight excluding hydrogens is 372 g/mol. The molecule has 0 nitrogen and oxygen atoms in total. The Labute approximate surface area is 181 Å². The van der Waals surface area contributed by atoms with Crippen molar-refractivity contribution in [3.8, 4) is 11.1 Å². The van der Waals surface area contributed by atoms with Gasteiger partial charge in [0, 0.05) is 5.41 Å². The molecule has 31 heavy (non-hydrogen) atoms. The SMILES string of the molecule is CC1(C)c2cc3cc4ccccc4cc3cc2-c2c3ccccc3cc3cccc1c23. The fourth-order valence-corrected chi connectivity index (χ4v) is 5.78. The molecule has 1 aliphatic rings. The maximum absolute atomic E-state index is 2.45. The number of rotatable bonds is 0. The summed E-state index contributed by atoms with van der Waals surface area (Å²) < 4.78 is 0. The highest BCUT2D eigenvalue weighted by Crippen LogP contribution is 2.52. The van der Waals surface area contributed by atoms with Crippen molar-refractivity contribution in [2.45, 2.75) is 19.3 Å². The van der Waals surface area contributed by atoms with E-state index in [1.54, 1.807) is 0 Å². The zero-order valence-corrected chi connectivity index (χ0v) is 17.7. The predicted molar refractivity (Wildman–Crippen MR) is 134 cm³/mol. The van der Waals surface area contributed by atoms with Gasteiger partial charge in [-0.25, -0.2) is 0 Å². The molecule has 0 N–H and O–H groups in total. The van der Waals surface area contributed by atoms with Crippen LogP contribution in [0.4, 0.5) is 0 Å². The molecule has 1 aliphatic carbocycles. The van der Waals surface area contributed by atoms with Crippen LogP contribution in [-0.2, 0) is 5.41 Å². The Kier molecular flexibility index (Phi) is 3.16. The summed E-state index contributed by atoms with van der Waals surface area (Å²) in [5.74, 6) is 0. The molecule has 6 aromatic rings. The molecule has 0 amide bonds. The molecule has 6 aromatic carbocycles. The summed E-state index contributed by atoms with van der Waals surface area (Å²) in [5, 5.41) is 10.6. The van der Waals surface area contributed by atoms with Crippen LogP contribution in [-0.4, -0.2) is 0 Å². The fraction of sp³-hybridized carbons (Fsp3) is 0.0968. The second-order valence-electron chi connectivity index (χ2n) is 9.45. The molecule has 0 spiro atoms. The van der Waals surface area contributed by atoms with Crippen molar-refractivity contribution in [2.75, 3.05) is 0 Å². The summed E-state index contributed by atoms with van der Waals surface area (Å²) >= 11 is 0. The van der Waals surface area contributed by atoms with Crippen molar-refractivity contribution < 1.29 is 0 Å². The standard InChI is InChI=1S/C31H22/c1-31(2)27-13-7-11-22-16-21-10-5-6-12-25(21)30(29(22)27)26-17-23-14-19-8-3-4-9-20(19)15-24(23)18-28(26)31/h3-18H,1-2H3. The lowest BCUT2D eigenvalue weighted by Gasteiger charge is -2.36. The van der Waals surface area contributed by atoms with Gasteiger partial charge in [-0.1, -0.05) is 80.6 Å². The van der Waals surface area contributed by atoms with Crippen LogP contribution in [0.15, 0.2) is 97.1 Å². The summed E-state index contributed by atoms with van der Waals surface area (Å²) in [6.45, 7) is 4.76. The minimum Gasteiger partial charge on any atom is -0.0616 e. The van der Waals surface area contributed by atoms with Gasteiger partial charge in [0.25, 0.3) is 0 Å². The van der Waals surface area contributed by atoms with Gasteiger partial charge in [0.15, 0.2) is 0 Å². The molecule has 0 unspecified atom stereocenters. The van der Waals surface area contributed by atoms with E-state index in [4.69, 9.17) is 0 Å². The zero-order chi connectivity index (χ0) is 20.7. The monoisotopic (exact) mass is 394 g/mol. The van der Waals surface area contributed by atoms with E-state index in [9.17, 15) is 0 Å². The molecule has 0 heterocycles. The summed E-state index contributed by atoms with van der Waals surface area (Å²) in [5.41, 5.74) is 5.58. The first-order chi connectivity index (χ1) is 15.1. The second-order valence-corrected chi connectivity index (χ2v) is 9.45. The number of fused-ring (bicyclic) bond motifs is 6. The fourth-order valence-electron chi connectivity index (χ4n) is 5.78. The Hall–Kier alpha value is -3.64. The van der Waals surface area contributed by atoms with Gasteiger partial charge in [0.1, 0.15) is 0 Å². The molecular formula is C31H22. The predicted octanol–water partition coefficient (Wildman–Crippen LogP) is 8.61. The number of benzene rings is 6. The van der Waals surface area contributed by atoms with E-state index in [0.717, 1.165) is 0 Å². The van der Waals surface area contributed by atoms with Gasteiger partial charge < -0.3 is 0 Å². The molecule has 7 rings (SSSR count). The van der Waals surface area contributed by atoms with Gasteiger partial charge in [-0.3, -0.25) is 0 Å². The van der Waals surface area contributed by atoms with Crippen LogP contribution >= 0.6 is 0 Å². The molecule has 0 saturated heterocycles. The van der Waals surface area contributed by atoms with E-state index in [0.29, 0.717) is 0 Å². The van der Waals surface area contributed by atoms with Gasteiger partial charge in [-0.05, 0) is 95.7 Å².